The van der Waals surface area contributed by atoms with Gasteiger partial charge in [0.25, 0.3) is 0 Å². The van der Waals surface area contributed by atoms with Gasteiger partial charge in [-0.1, -0.05) is 0 Å². The molecule has 0 amide bonds. The topological polar surface area (TPSA) is 115 Å². The van der Waals surface area contributed by atoms with E-state index >= 15 is 0 Å². The molecule has 0 unspecified atom stereocenters. The SMILES string of the molecule is O=C(O)c1cc(S(=O)(=O)N2CC(CO)C2)ccc1O. The quantitative estimate of drug-likeness (QED) is 0.700. The fourth-order valence-electron chi connectivity index (χ4n) is 1.83. The largest absolute Gasteiger partial charge is 0.507 e. The van der Waals surface area contributed by atoms with Crippen molar-refractivity contribution in [2.24, 2.45) is 5.92 Å². The number of hydrogen-bond acceptors (Lipinski definition) is 5. The third kappa shape index (κ3) is 2.42. The van der Waals surface area contributed by atoms with Crippen molar-refractivity contribution in [3.05, 3.63) is 23.8 Å². The maximum Gasteiger partial charge on any atom is 0.339 e. The Kier molecular flexibility index (Phi) is 3.48. The molecule has 3 N–H and O–H groups in total. The van der Waals surface area contributed by atoms with Crippen molar-refractivity contribution in [2.75, 3.05) is 19.7 Å². The molecule has 0 saturated carbocycles. The molecular formula is C11H13NO6S. The molecule has 2 rings (SSSR count). The van der Waals surface area contributed by atoms with Crippen LogP contribution in [0.1, 0.15) is 10.4 Å². The van der Waals surface area contributed by atoms with Crippen molar-refractivity contribution in [1.82, 2.24) is 4.31 Å². The van der Waals surface area contributed by atoms with E-state index in [9.17, 15) is 18.3 Å². The van der Waals surface area contributed by atoms with E-state index in [0.29, 0.717) is 0 Å². The van der Waals surface area contributed by atoms with Gasteiger partial charge in [-0.3, -0.25) is 0 Å². The number of benzene rings is 1. The minimum atomic E-state index is -3.77. The summed E-state index contributed by atoms with van der Waals surface area (Å²) in [7, 11) is -3.77. The van der Waals surface area contributed by atoms with E-state index in [1.165, 1.54) is 0 Å². The summed E-state index contributed by atoms with van der Waals surface area (Å²) in [6, 6.07) is 3.13. The lowest BCUT2D eigenvalue weighted by Gasteiger charge is -2.36. The summed E-state index contributed by atoms with van der Waals surface area (Å²) in [5.74, 6) is -1.96. The van der Waals surface area contributed by atoms with Crippen LogP contribution in [-0.2, 0) is 10.0 Å². The van der Waals surface area contributed by atoms with E-state index < -0.39 is 27.3 Å². The van der Waals surface area contributed by atoms with Crippen LogP contribution in [0.2, 0.25) is 0 Å². The monoisotopic (exact) mass is 287 g/mol. The van der Waals surface area contributed by atoms with Crippen LogP contribution < -0.4 is 0 Å². The zero-order valence-electron chi connectivity index (χ0n) is 9.85. The Labute approximate surface area is 109 Å². The molecule has 1 aliphatic heterocycles. The first-order valence-corrected chi connectivity index (χ1v) is 6.97. The maximum absolute atomic E-state index is 12.1. The van der Waals surface area contributed by atoms with Gasteiger partial charge in [0.05, 0.1) is 4.90 Å². The van der Waals surface area contributed by atoms with Crippen LogP contribution in [0.25, 0.3) is 0 Å². The fraction of sp³-hybridized carbons (Fsp3) is 0.364. The van der Waals surface area contributed by atoms with Gasteiger partial charge < -0.3 is 15.3 Å². The van der Waals surface area contributed by atoms with Crippen LogP contribution >= 0.6 is 0 Å². The Bertz CT molecular complexity index is 606. The Morgan fingerprint density at radius 3 is 2.53 bits per heavy atom. The molecule has 8 heteroatoms. The lowest BCUT2D eigenvalue weighted by Crippen LogP contribution is -2.51. The second-order valence-corrected chi connectivity index (χ2v) is 6.29. The molecule has 1 saturated heterocycles. The summed E-state index contributed by atoms with van der Waals surface area (Å²) in [4.78, 5) is 10.7. The Balaban J connectivity index is 2.32. The number of aromatic hydroxyl groups is 1. The summed E-state index contributed by atoms with van der Waals surface area (Å²) in [6.45, 7) is 0.339. The molecule has 19 heavy (non-hydrogen) atoms. The molecular weight excluding hydrogens is 274 g/mol. The fourth-order valence-corrected chi connectivity index (χ4v) is 3.45. The van der Waals surface area contributed by atoms with Gasteiger partial charge in [0, 0.05) is 25.6 Å². The van der Waals surface area contributed by atoms with Crippen LogP contribution in [-0.4, -0.2) is 53.7 Å². The molecule has 1 aliphatic rings. The zero-order chi connectivity index (χ0) is 14.2. The summed E-state index contributed by atoms with van der Waals surface area (Å²) in [5.41, 5.74) is -0.458. The van der Waals surface area contributed by atoms with Gasteiger partial charge in [-0.2, -0.15) is 4.31 Å². The normalized spacial score (nSPS) is 17.1. The third-order valence-electron chi connectivity index (χ3n) is 3.02. The van der Waals surface area contributed by atoms with Crippen molar-refractivity contribution in [3.63, 3.8) is 0 Å². The van der Waals surface area contributed by atoms with Crippen LogP contribution in [0.3, 0.4) is 0 Å². The molecule has 7 nitrogen and oxygen atoms in total. The standard InChI is InChI=1S/C11H13NO6S/c13-6-7-4-12(5-7)19(17,18)8-1-2-10(14)9(3-8)11(15)16/h1-3,7,13-14H,4-6H2,(H,15,16). The van der Waals surface area contributed by atoms with Crippen molar-refractivity contribution >= 4 is 16.0 Å². The first kappa shape index (κ1) is 13.8. The highest BCUT2D eigenvalue weighted by Crippen LogP contribution is 2.27. The highest BCUT2D eigenvalue weighted by atomic mass is 32.2. The molecule has 1 aromatic rings. The number of rotatable bonds is 4. The zero-order valence-corrected chi connectivity index (χ0v) is 10.7. The highest BCUT2D eigenvalue weighted by Gasteiger charge is 2.36. The molecule has 1 fully saturated rings. The van der Waals surface area contributed by atoms with E-state index in [0.717, 1.165) is 22.5 Å². The number of aliphatic hydroxyl groups excluding tert-OH is 1. The number of nitrogens with zero attached hydrogens (tertiary/aromatic N) is 1. The highest BCUT2D eigenvalue weighted by molar-refractivity contribution is 7.89. The Hall–Kier alpha value is -1.64. The van der Waals surface area contributed by atoms with Gasteiger partial charge in [0.1, 0.15) is 11.3 Å². The maximum atomic E-state index is 12.1. The lowest BCUT2D eigenvalue weighted by molar-refractivity contribution is 0.0693. The van der Waals surface area contributed by atoms with E-state index in [4.69, 9.17) is 10.2 Å². The van der Waals surface area contributed by atoms with Gasteiger partial charge in [0.2, 0.25) is 10.0 Å². The molecule has 0 radical (unpaired) electrons. The molecule has 0 aromatic heterocycles. The molecule has 0 spiro atoms. The number of aliphatic hydroxyl groups is 1. The predicted molar refractivity (Wildman–Crippen MR) is 64.4 cm³/mol. The first-order valence-electron chi connectivity index (χ1n) is 5.53. The van der Waals surface area contributed by atoms with Gasteiger partial charge in [-0.05, 0) is 18.2 Å². The van der Waals surface area contributed by atoms with Gasteiger partial charge in [-0.15, -0.1) is 0 Å². The number of carboxylic acid groups (broad SMARTS) is 1. The molecule has 104 valence electrons. The Morgan fingerprint density at radius 1 is 1.37 bits per heavy atom. The third-order valence-corrected chi connectivity index (χ3v) is 4.85. The number of carboxylic acids is 1. The average Bonchev–Trinajstić information content (AvgIpc) is 2.27. The van der Waals surface area contributed by atoms with E-state index in [1.807, 2.05) is 0 Å². The number of sulfonamides is 1. The summed E-state index contributed by atoms with van der Waals surface area (Å²) >= 11 is 0. The predicted octanol–water partition coefficient (Wildman–Crippen LogP) is -0.297. The number of aromatic carboxylic acids is 1. The number of phenols is 1. The molecule has 1 heterocycles. The van der Waals surface area contributed by atoms with Crippen LogP contribution in [0.15, 0.2) is 23.1 Å². The van der Waals surface area contributed by atoms with Crippen LogP contribution in [0.4, 0.5) is 0 Å². The molecule has 0 bridgehead atoms. The average molecular weight is 287 g/mol. The van der Waals surface area contributed by atoms with Gasteiger partial charge >= 0.3 is 5.97 Å². The number of carbonyl (C=O) groups is 1. The van der Waals surface area contributed by atoms with Crippen molar-refractivity contribution in [1.29, 1.82) is 0 Å². The van der Waals surface area contributed by atoms with Gasteiger partial charge in [0.15, 0.2) is 0 Å². The summed E-state index contributed by atoms with van der Waals surface area (Å²) in [6.07, 6.45) is 0. The van der Waals surface area contributed by atoms with Crippen LogP contribution in [0.5, 0.6) is 5.75 Å². The van der Waals surface area contributed by atoms with Crippen molar-refractivity contribution in [3.8, 4) is 5.75 Å². The lowest BCUT2D eigenvalue weighted by atomic mass is 10.1. The molecule has 0 atom stereocenters. The minimum Gasteiger partial charge on any atom is -0.507 e. The van der Waals surface area contributed by atoms with E-state index in [1.54, 1.807) is 0 Å². The van der Waals surface area contributed by atoms with Crippen molar-refractivity contribution < 1.29 is 28.5 Å². The molecule has 1 aromatic carbocycles. The van der Waals surface area contributed by atoms with E-state index in [2.05, 4.69) is 0 Å². The van der Waals surface area contributed by atoms with E-state index in [-0.39, 0.29) is 30.5 Å². The minimum absolute atomic E-state index is 0.0779. The van der Waals surface area contributed by atoms with Gasteiger partial charge in [-0.25, -0.2) is 13.2 Å². The number of hydrogen-bond donors (Lipinski definition) is 3. The smallest absolute Gasteiger partial charge is 0.339 e. The second-order valence-electron chi connectivity index (χ2n) is 4.35. The first-order chi connectivity index (χ1) is 8.86. The summed E-state index contributed by atoms with van der Waals surface area (Å²) in [5, 5.41) is 27.0. The second kappa shape index (κ2) is 4.80. The molecule has 0 aliphatic carbocycles. The van der Waals surface area contributed by atoms with Crippen molar-refractivity contribution in [2.45, 2.75) is 4.90 Å². The Morgan fingerprint density at radius 2 is 2.00 bits per heavy atom. The van der Waals surface area contributed by atoms with Crippen LogP contribution in [0, 0.1) is 5.92 Å². The summed E-state index contributed by atoms with van der Waals surface area (Å²) < 4.78 is 25.4.